The molecule has 0 spiro atoms. The topological polar surface area (TPSA) is 113 Å². The molecular formula is C13H18FN5O3. The maximum atomic E-state index is 14.7. The summed E-state index contributed by atoms with van der Waals surface area (Å²) in [5.74, 6) is -0.477. The molecule has 4 atom stereocenters. The Labute approximate surface area is 125 Å². The van der Waals surface area contributed by atoms with E-state index in [0.717, 1.165) is 10.6 Å². The molecule has 1 aliphatic heterocycles. The fourth-order valence-electron chi connectivity index (χ4n) is 2.94. The van der Waals surface area contributed by atoms with Crippen molar-refractivity contribution in [1.82, 2.24) is 9.55 Å². The van der Waals surface area contributed by atoms with E-state index in [1.807, 2.05) is 6.92 Å². The molecule has 9 heteroatoms. The molecule has 22 heavy (non-hydrogen) atoms. The van der Waals surface area contributed by atoms with Gasteiger partial charge < -0.3 is 4.74 Å². The molecule has 120 valence electrons. The van der Waals surface area contributed by atoms with Crippen molar-refractivity contribution in [3.8, 4) is 0 Å². The van der Waals surface area contributed by atoms with Crippen LogP contribution < -0.4 is 11.2 Å². The summed E-state index contributed by atoms with van der Waals surface area (Å²) in [6, 6.07) is 1.15. The molecule has 0 bridgehead atoms. The van der Waals surface area contributed by atoms with Crippen LogP contribution in [-0.4, -0.2) is 27.9 Å². The van der Waals surface area contributed by atoms with Gasteiger partial charge in [-0.1, -0.05) is 19.0 Å². The zero-order valence-electron chi connectivity index (χ0n) is 12.4. The smallest absolute Gasteiger partial charge is 0.330 e. The summed E-state index contributed by atoms with van der Waals surface area (Å²) in [5, 5.41) is 3.48. The van der Waals surface area contributed by atoms with Crippen molar-refractivity contribution in [1.29, 1.82) is 0 Å². The Kier molecular flexibility index (Phi) is 4.68. The minimum atomic E-state index is -1.41. The highest BCUT2D eigenvalue weighted by Gasteiger charge is 2.52. The van der Waals surface area contributed by atoms with E-state index >= 15 is 0 Å². The third kappa shape index (κ3) is 2.77. The molecule has 8 nitrogen and oxygen atoms in total. The predicted octanol–water partition coefficient (Wildman–Crippen LogP) is 1.89. The van der Waals surface area contributed by atoms with Crippen LogP contribution in [-0.2, 0) is 4.74 Å². The third-order valence-corrected chi connectivity index (χ3v) is 4.36. The van der Waals surface area contributed by atoms with Crippen molar-refractivity contribution >= 4 is 0 Å². The number of aromatic nitrogens is 2. The van der Waals surface area contributed by atoms with E-state index in [4.69, 9.17) is 10.3 Å². The van der Waals surface area contributed by atoms with Gasteiger partial charge in [-0.05, 0) is 18.4 Å². The molecule has 1 N–H and O–H groups in total. The summed E-state index contributed by atoms with van der Waals surface area (Å²) in [4.78, 5) is 27.7. The van der Waals surface area contributed by atoms with Crippen LogP contribution in [0.4, 0.5) is 4.39 Å². The average molecular weight is 311 g/mol. The second-order valence-electron chi connectivity index (χ2n) is 5.38. The van der Waals surface area contributed by atoms with Crippen LogP contribution in [0, 0.1) is 5.92 Å². The quantitative estimate of drug-likeness (QED) is 0.509. The first kappa shape index (κ1) is 16.3. The average Bonchev–Trinajstić information content (AvgIpc) is 2.73. The van der Waals surface area contributed by atoms with Gasteiger partial charge >= 0.3 is 5.69 Å². The van der Waals surface area contributed by atoms with Gasteiger partial charge in [-0.3, -0.25) is 14.3 Å². The lowest BCUT2D eigenvalue weighted by Gasteiger charge is -2.31. The fourth-order valence-corrected chi connectivity index (χ4v) is 2.94. The van der Waals surface area contributed by atoms with Gasteiger partial charge in [-0.15, -0.1) is 0 Å². The molecule has 1 fully saturated rings. The molecule has 1 saturated heterocycles. The van der Waals surface area contributed by atoms with E-state index in [-0.39, 0.29) is 6.54 Å². The van der Waals surface area contributed by atoms with Crippen molar-refractivity contribution < 1.29 is 9.13 Å². The summed E-state index contributed by atoms with van der Waals surface area (Å²) >= 11 is 0. The van der Waals surface area contributed by atoms with Crippen LogP contribution in [0.3, 0.4) is 0 Å². The summed E-state index contributed by atoms with van der Waals surface area (Å²) < 4.78 is 21.6. The van der Waals surface area contributed by atoms with Gasteiger partial charge in [0.25, 0.3) is 5.56 Å². The molecule has 0 radical (unpaired) electrons. The number of hydrogen-bond acceptors (Lipinski definition) is 4. The Balaban J connectivity index is 2.34. The van der Waals surface area contributed by atoms with Crippen molar-refractivity contribution in [2.45, 2.75) is 44.7 Å². The second kappa shape index (κ2) is 6.33. The maximum Gasteiger partial charge on any atom is 0.330 e. The number of nitrogens with one attached hydrogen (secondary N) is 1. The monoisotopic (exact) mass is 311 g/mol. The van der Waals surface area contributed by atoms with Gasteiger partial charge in [-0.2, -0.15) is 0 Å². The van der Waals surface area contributed by atoms with Crippen LogP contribution in [0.1, 0.15) is 32.9 Å². The first-order valence-corrected chi connectivity index (χ1v) is 7.09. The maximum absolute atomic E-state index is 14.7. The van der Waals surface area contributed by atoms with Gasteiger partial charge in [0, 0.05) is 29.6 Å². The number of halogens is 1. The molecule has 1 aromatic rings. The van der Waals surface area contributed by atoms with E-state index < -0.39 is 35.2 Å². The lowest BCUT2D eigenvalue weighted by Crippen LogP contribution is -2.36. The predicted molar refractivity (Wildman–Crippen MR) is 77.2 cm³/mol. The Hall–Kier alpha value is -2.12. The van der Waals surface area contributed by atoms with E-state index in [2.05, 4.69) is 15.0 Å². The number of hydrogen-bond donors (Lipinski definition) is 1. The highest BCUT2D eigenvalue weighted by Crippen LogP contribution is 2.46. The number of rotatable bonds is 5. The normalized spacial score (nSPS) is 31.0. The molecule has 0 aromatic carbocycles. The molecule has 1 aromatic heterocycles. The van der Waals surface area contributed by atoms with E-state index in [1.54, 1.807) is 6.92 Å². The van der Waals surface area contributed by atoms with E-state index in [0.29, 0.717) is 12.8 Å². The van der Waals surface area contributed by atoms with Crippen LogP contribution in [0.15, 0.2) is 27.0 Å². The van der Waals surface area contributed by atoms with E-state index in [9.17, 15) is 14.0 Å². The first-order valence-electron chi connectivity index (χ1n) is 7.09. The molecular weight excluding hydrogens is 293 g/mol. The Morgan fingerprint density at radius 1 is 1.59 bits per heavy atom. The minimum absolute atomic E-state index is 0.189. The lowest BCUT2D eigenvalue weighted by molar-refractivity contribution is -0.0946. The van der Waals surface area contributed by atoms with Crippen LogP contribution in [0.25, 0.3) is 10.4 Å². The molecule has 1 aliphatic rings. The summed E-state index contributed by atoms with van der Waals surface area (Å²) in [7, 11) is 0. The molecule has 0 amide bonds. The highest BCUT2D eigenvalue weighted by molar-refractivity contribution is 4.99. The van der Waals surface area contributed by atoms with Crippen molar-refractivity contribution in [2.24, 2.45) is 11.0 Å². The van der Waals surface area contributed by atoms with Crippen molar-refractivity contribution in [3.05, 3.63) is 43.5 Å². The Morgan fingerprint density at radius 3 is 2.91 bits per heavy atom. The summed E-state index contributed by atoms with van der Waals surface area (Å²) in [5.41, 5.74) is 6.30. The number of azide groups is 1. The van der Waals surface area contributed by atoms with Gasteiger partial charge in [0.2, 0.25) is 0 Å². The second-order valence-corrected chi connectivity index (χ2v) is 5.38. The number of alkyl halides is 1. The standard InChI is InChI=1S/C13H18FN5O3/c1-3-13(5-6-16-18-15)8(2)10(14)11(22-13)19-7-4-9(20)17-12(19)21/h4,7-8,10-11H,3,5-6H2,1-2H3,(H,17,20,21)/t8-,10+,11+,13-/m0/s1. The number of aromatic amines is 1. The molecule has 0 unspecified atom stereocenters. The van der Waals surface area contributed by atoms with Gasteiger partial charge in [-0.25, -0.2) is 9.18 Å². The number of ether oxygens (including phenoxy) is 1. The zero-order chi connectivity index (χ0) is 16.3. The Bertz CT molecular complexity index is 695. The van der Waals surface area contributed by atoms with Gasteiger partial charge in [0.05, 0.1) is 5.60 Å². The van der Waals surface area contributed by atoms with Crippen LogP contribution in [0.2, 0.25) is 0 Å². The molecule has 0 saturated carbocycles. The fraction of sp³-hybridized carbons (Fsp3) is 0.692. The largest absolute Gasteiger partial charge is 0.348 e. The van der Waals surface area contributed by atoms with Crippen LogP contribution >= 0.6 is 0 Å². The first-order chi connectivity index (χ1) is 10.4. The molecule has 2 heterocycles. The van der Waals surface area contributed by atoms with Crippen molar-refractivity contribution in [3.63, 3.8) is 0 Å². The lowest BCUT2D eigenvalue weighted by atomic mass is 9.83. The van der Waals surface area contributed by atoms with Crippen molar-refractivity contribution in [2.75, 3.05) is 6.54 Å². The molecule has 0 aliphatic carbocycles. The summed E-state index contributed by atoms with van der Waals surface area (Å²) in [6.45, 7) is 3.76. The third-order valence-electron chi connectivity index (χ3n) is 4.36. The van der Waals surface area contributed by atoms with Gasteiger partial charge in [0.1, 0.15) is 0 Å². The molecule has 2 rings (SSSR count). The SMILES string of the molecule is CC[C@@]1(CCN=[N+]=[N-])O[C@@H](n2ccc(=O)[nH]c2=O)[C@H](F)[C@@H]1C. The van der Waals surface area contributed by atoms with E-state index in [1.165, 1.54) is 6.20 Å². The Morgan fingerprint density at radius 2 is 2.32 bits per heavy atom. The number of H-pyrrole nitrogens is 1. The zero-order valence-corrected chi connectivity index (χ0v) is 12.4. The number of nitrogens with zero attached hydrogens (tertiary/aromatic N) is 4. The van der Waals surface area contributed by atoms with Gasteiger partial charge in [0.15, 0.2) is 12.4 Å². The van der Waals surface area contributed by atoms with Crippen LogP contribution in [0.5, 0.6) is 0 Å². The highest BCUT2D eigenvalue weighted by atomic mass is 19.1. The minimum Gasteiger partial charge on any atom is -0.348 e. The summed E-state index contributed by atoms with van der Waals surface area (Å²) in [6.07, 6.45) is -0.405.